The number of likely N-dealkylation sites (N-methyl/N-ethyl adjacent to an activating group) is 1. The molecular weight excluding hydrogens is 197 g/mol. The summed E-state index contributed by atoms with van der Waals surface area (Å²) in [4.78, 5) is 10.9. The number of benzene rings is 1. The minimum absolute atomic E-state index is 0.0445. The van der Waals surface area contributed by atoms with Crippen molar-refractivity contribution < 1.29 is 9.18 Å². The van der Waals surface area contributed by atoms with E-state index in [2.05, 4.69) is 10.6 Å². The molecule has 0 aliphatic heterocycles. The molecule has 0 saturated heterocycles. The molecule has 1 rings (SSSR count). The van der Waals surface area contributed by atoms with Gasteiger partial charge in [0, 0.05) is 12.7 Å². The van der Waals surface area contributed by atoms with E-state index in [4.69, 9.17) is 5.26 Å². The Hall–Kier alpha value is -2.09. The normalized spacial score (nSPS) is 9.13. The van der Waals surface area contributed by atoms with E-state index in [-0.39, 0.29) is 18.0 Å². The molecular formula is C10H10FN3O. The number of rotatable bonds is 3. The minimum atomic E-state index is -0.567. The molecule has 0 saturated carbocycles. The second-order valence-electron chi connectivity index (χ2n) is 2.83. The zero-order chi connectivity index (χ0) is 11.3. The Morgan fingerprint density at radius 2 is 2.33 bits per heavy atom. The Balaban J connectivity index is 2.71. The van der Waals surface area contributed by atoms with Crippen LogP contribution in [0, 0.1) is 17.1 Å². The van der Waals surface area contributed by atoms with Crippen LogP contribution >= 0.6 is 0 Å². The number of hydrogen-bond donors (Lipinski definition) is 2. The third kappa shape index (κ3) is 2.95. The third-order valence-corrected chi connectivity index (χ3v) is 1.82. The van der Waals surface area contributed by atoms with E-state index in [0.29, 0.717) is 5.69 Å². The van der Waals surface area contributed by atoms with Gasteiger partial charge in [-0.2, -0.15) is 5.26 Å². The molecule has 0 heterocycles. The highest BCUT2D eigenvalue weighted by molar-refractivity contribution is 5.80. The van der Waals surface area contributed by atoms with Crippen molar-refractivity contribution in [2.45, 2.75) is 0 Å². The average Bonchev–Trinajstić information content (AvgIpc) is 2.27. The standard InChI is InChI=1S/C10H10FN3O/c1-13-10(15)6-14-8-2-3-9(11)7(4-8)5-12/h2-4,14H,6H2,1H3,(H,13,15). The third-order valence-electron chi connectivity index (χ3n) is 1.82. The van der Waals surface area contributed by atoms with E-state index in [1.807, 2.05) is 0 Å². The fourth-order valence-corrected chi connectivity index (χ4v) is 0.992. The van der Waals surface area contributed by atoms with Gasteiger partial charge >= 0.3 is 0 Å². The lowest BCUT2D eigenvalue weighted by Crippen LogP contribution is -2.26. The number of halogens is 1. The average molecular weight is 207 g/mol. The number of amides is 1. The second kappa shape index (κ2) is 4.96. The number of nitriles is 1. The molecule has 0 spiro atoms. The Morgan fingerprint density at radius 3 is 2.93 bits per heavy atom. The Morgan fingerprint density at radius 1 is 1.60 bits per heavy atom. The SMILES string of the molecule is CNC(=O)CNc1ccc(F)c(C#N)c1. The minimum Gasteiger partial charge on any atom is -0.376 e. The van der Waals surface area contributed by atoms with Crippen LogP contribution < -0.4 is 10.6 Å². The van der Waals surface area contributed by atoms with Crippen LogP contribution in [0.2, 0.25) is 0 Å². The highest BCUT2D eigenvalue weighted by atomic mass is 19.1. The molecule has 0 unspecified atom stereocenters. The van der Waals surface area contributed by atoms with Crippen molar-refractivity contribution in [3.8, 4) is 6.07 Å². The zero-order valence-electron chi connectivity index (χ0n) is 8.17. The zero-order valence-corrected chi connectivity index (χ0v) is 8.17. The summed E-state index contributed by atoms with van der Waals surface area (Å²) in [7, 11) is 1.52. The van der Waals surface area contributed by atoms with Crippen LogP contribution in [0.25, 0.3) is 0 Å². The summed E-state index contributed by atoms with van der Waals surface area (Å²) < 4.78 is 12.9. The first-order chi connectivity index (χ1) is 7.17. The predicted octanol–water partition coefficient (Wildman–Crippen LogP) is 0.855. The van der Waals surface area contributed by atoms with Gasteiger partial charge in [-0.15, -0.1) is 0 Å². The lowest BCUT2D eigenvalue weighted by atomic mass is 10.2. The van der Waals surface area contributed by atoms with Gasteiger partial charge in [0.25, 0.3) is 0 Å². The van der Waals surface area contributed by atoms with Gasteiger partial charge in [0.15, 0.2) is 0 Å². The summed E-state index contributed by atoms with van der Waals surface area (Å²) in [6.07, 6.45) is 0. The number of nitrogens with zero attached hydrogens (tertiary/aromatic N) is 1. The van der Waals surface area contributed by atoms with Crippen molar-refractivity contribution in [3.63, 3.8) is 0 Å². The maximum Gasteiger partial charge on any atom is 0.239 e. The number of carbonyl (C=O) groups excluding carboxylic acids is 1. The lowest BCUT2D eigenvalue weighted by Gasteiger charge is -2.05. The number of anilines is 1. The highest BCUT2D eigenvalue weighted by Crippen LogP contribution is 2.13. The van der Waals surface area contributed by atoms with Crippen molar-refractivity contribution in [1.29, 1.82) is 5.26 Å². The van der Waals surface area contributed by atoms with Gasteiger partial charge in [-0.3, -0.25) is 4.79 Å². The Labute approximate surface area is 86.7 Å². The first kappa shape index (κ1) is 11.0. The topological polar surface area (TPSA) is 64.9 Å². The molecule has 4 nitrogen and oxygen atoms in total. The Kier molecular flexibility index (Phi) is 3.63. The van der Waals surface area contributed by atoms with E-state index in [0.717, 1.165) is 0 Å². The van der Waals surface area contributed by atoms with Crippen LogP contribution in [0.15, 0.2) is 18.2 Å². The first-order valence-electron chi connectivity index (χ1n) is 4.31. The molecule has 1 aromatic rings. The summed E-state index contributed by atoms with van der Waals surface area (Å²) >= 11 is 0. The molecule has 0 fully saturated rings. The van der Waals surface area contributed by atoms with E-state index in [1.54, 1.807) is 6.07 Å². The van der Waals surface area contributed by atoms with Crippen LogP contribution in [0.4, 0.5) is 10.1 Å². The number of carbonyl (C=O) groups is 1. The summed E-state index contributed by atoms with van der Waals surface area (Å²) in [5.41, 5.74) is 0.494. The molecule has 78 valence electrons. The molecule has 0 aromatic heterocycles. The van der Waals surface area contributed by atoms with E-state index >= 15 is 0 Å². The van der Waals surface area contributed by atoms with Gasteiger partial charge in [-0.1, -0.05) is 0 Å². The molecule has 0 aliphatic rings. The Bertz CT molecular complexity index is 412. The van der Waals surface area contributed by atoms with Gasteiger partial charge in [-0.25, -0.2) is 4.39 Å². The smallest absolute Gasteiger partial charge is 0.239 e. The number of hydrogen-bond acceptors (Lipinski definition) is 3. The van der Waals surface area contributed by atoms with E-state index in [1.165, 1.54) is 25.2 Å². The molecule has 1 aromatic carbocycles. The quantitative estimate of drug-likeness (QED) is 0.772. The molecule has 5 heteroatoms. The molecule has 1 amide bonds. The molecule has 0 aliphatic carbocycles. The summed E-state index contributed by atoms with van der Waals surface area (Å²) in [5, 5.41) is 13.8. The van der Waals surface area contributed by atoms with E-state index in [9.17, 15) is 9.18 Å². The monoisotopic (exact) mass is 207 g/mol. The molecule has 0 radical (unpaired) electrons. The highest BCUT2D eigenvalue weighted by Gasteiger charge is 2.03. The molecule has 15 heavy (non-hydrogen) atoms. The maximum atomic E-state index is 12.9. The van der Waals surface area contributed by atoms with Gasteiger partial charge in [0.05, 0.1) is 12.1 Å². The number of nitrogens with one attached hydrogen (secondary N) is 2. The second-order valence-corrected chi connectivity index (χ2v) is 2.83. The molecule has 0 atom stereocenters. The van der Waals surface area contributed by atoms with Crippen molar-refractivity contribution in [2.24, 2.45) is 0 Å². The van der Waals surface area contributed by atoms with Crippen molar-refractivity contribution in [2.75, 3.05) is 18.9 Å². The summed E-state index contributed by atoms with van der Waals surface area (Å²) in [6, 6.07) is 5.74. The van der Waals surface area contributed by atoms with Crippen LogP contribution in [-0.4, -0.2) is 19.5 Å². The van der Waals surface area contributed by atoms with Gasteiger partial charge < -0.3 is 10.6 Å². The predicted molar refractivity (Wildman–Crippen MR) is 53.7 cm³/mol. The molecule has 0 bridgehead atoms. The maximum absolute atomic E-state index is 12.9. The fourth-order valence-electron chi connectivity index (χ4n) is 0.992. The molecule has 2 N–H and O–H groups in total. The van der Waals surface area contributed by atoms with Crippen LogP contribution in [0.5, 0.6) is 0 Å². The first-order valence-corrected chi connectivity index (χ1v) is 4.31. The van der Waals surface area contributed by atoms with Gasteiger partial charge in [0.1, 0.15) is 11.9 Å². The van der Waals surface area contributed by atoms with Crippen molar-refractivity contribution >= 4 is 11.6 Å². The summed E-state index contributed by atoms with van der Waals surface area (Å²) in [6.45, 7) is 0.0903. The van der Waals surface area contributed by atoms with Crippen LogP contribution in [-0.2, 0) is 4.79 Å². The van der Waals surface area contributed by atoms with Gasteiger partial charge in [-0.05, 0) is 18.2 Å². The lowest BCUT2D eigenvalue weighted by molar-refractivity contribution is -0.118. The van der Waals surface area contributed by atoms with Gasteiger partial charge in [0.2, 0.25) is 5.91 Å². The van der Waals surface area contributed by atoms with Crippen LogP contribution in [0.1, 0.15) is 5.56 Å². The fraction of sp³-hybridized carbons (Fsp3) is 0.200. The van der Waals surface area contributed by atoms with E-state index < -0.39 is 5.82 Å². The van der Waals surface area contributed by atoms with Crippen molar-refractivity contribution in [1.82, 2.24) is 5.32 Å². The summed E-state index contributed by atoms with van der Waals surface area (Å²) in [5.74, 6) is -0.749. The van der Waals surface area contributed by atoms with Crippen LogP contribution in [0.3, 0.4) is 0 Å². The van der Waals surface area contributed by atoms with Crippen molar-refractivity contribution in [3.05, 3.63) is 29.6 Å². The largest absolute Gasteiger partial charge is 0.376 e.